The molecule has 0 bridgehead atoms. The quantitative estimate of drug-likeness (QED) is 0.808. The van der Waals surface area contributed by atoms with Crippen molar-refractivity contribution in [1.82, 2.24) is 10.0 Å². The first kappa shape index (κ1) is 9.71. The van der Waals surface area contributed by atoms with Gasteiger partial charge < -0.3 is 9.77 Å². The summed E-state index contributed by atoms with van der Waals surface area (Å²) in [5.41, 5.74) is 4.37. The van der Waals surface area contributed by atoms with E-state index in [2.05, 4.69) is 38.1 Å². The van der Waals surface area contributed by atoms with Gasteiger partial charge in [-0.3, -0.25) is 0 Å². The van der Waals surface area contributed by atoms with Crippen LogP contribution in [-0.2, 0) is 13.6 Å². The summed E-state index contributed by atoms with van der Waals surface area (Å²) in [6, 6.07) is 8.12. The fourth-order valence-electron chi connectivity index (χ4n) is 1.67. The van der Waals surface area contributed by atoms with Gasteiger partial charge in [0.25, 0.3) is 0 Å². The molecule has 14 heavy (non-hydrogen) atoms. The Hall–Kier alpha value is -0.840. The zero-order valence-corrected chi connectivity index (χ0v) is 9.37. The molecule has 0 fully saturated rings. The van der Waals surface area contributed by atoms with Crippen LogP contribution in [0.5, 0.6) is 0 Å². The second-order valence-electron chi connectivity index (χ2n) is 3.17. The highest BCUT2D eigenvalue weighted by molar-refractivity contribution is 9.10. The predicted octanol–water partition coefficient (Wildman–Crippen LogP) is 2.42. The van der Waals surface area contributed by atoms with Crippen LogP contribution >= 0.6 is 15.9 Å². The first-order chi connectivity index (χ1) is 6.75. The van der Waals surface area contributed by atoms with Crippen LogP contribution in [-0.4, -0.2) is 9.77 Å². The second-order valence-corrected chi connectivity index (χ2v) is 3.96. The number of hydrogen-bond donors (Lipinski definition) is 2. The maximum absolute atomic E-state index is 8.71. The van der Waals surface area contributed by atoms with Crippen molar-refractivity contribution in [2.24, 2.45) is 7.05 Å². The van der Waals surface area contributed by atoms with E-state index in [0.29, 0.717) is 6.54 Å². The van der Waals surface area contributed by atoms with E-state index >= 15 is 0 Å². The average molecular weight is 255 g/mol. The lowest BCUT2D eigenvalue weighted by Gasteiger charge is -2.02. The summed E-state index contributed by atoms with van der Waals surface area (Å²) in [6.45, 7) is 0.436. The number of hydroxylamine groups is 1. The monoisotopic (exact) mass is 254 g/mol. The molecule has 0 spiro atoms. The van der Waals surface area contributed by atoms with Crippen molar-refractivity contribution in [3.05, 3.63) is 34.4 Å². The summed E-state index contributed by atoms with van der Waals surface area (Å²) in [7, 11) is 1.99. The van der Waals surface area contributed by atoms with Crippen molar-refractivity contribution in [3.8, 4) is 0 Å². The fourth-order valence-corrected chi connectivity index (χ4v) is 2.41. The lowest BCUT2D eigenvalue weighted by molar-refractivity contribution is 0.159. The van der Waals surface area contributed by atoms with E-state index in [4.69, 9.17) is 5.21 Å². The smallest absolute Gasteiger partial charge is 0.0622 e. The maximum atomic E-state index is 8.71. The van der Waals surface area contributed by atoms with Crippen molar-refractivity contribution in [2.75, 3.05) is 0 Å². The molecule has 2 N–H and O–H groups in total. The number of hydrogen-bond acceptors (Lipinski definition) is 2. The Labute approximate surface area is 90.4 Å². The maximum Gasteiger partial charge on any atom is 0.0622 e. The Morgan fingerprint density at radius 3 is 2.79 bits per heavy atom. The third kappa shape index (κ3) is 1.35. The molecule has 0 aliphatic heterocycles. The third-order valence-electron chi connectivity index (χ3n) is 2.41. The van der Waals surface area contributed by atoms with Gasteiger partial charge in [0.1, 0.15) is 0 Å². The molecular formula is C10H11BrN2O. The van der Waals surface area contributed by atoms with E-state index < -0.39 is 0 Å². The van der Waals surface area contributed by atoms with Gasteiger partial charge in [-0.15, -0.1) is 0 Å². The number of fused-ring (bicyclic) bond motifs is 1. The molecule has 4 heteroatoms. The van der Waals surface area contributed by atoms with E-state index in [0.717, 1.165) is 15.7 Å². The zero-order valence-electron chi connectivity index (χ0n) is 7.79. The fraction of sp³-hybridized carbons (Fsp3) is 0.200. The predicted molar refractivity (Wildman–Crippen MR) is 59.2 cm³/mol. The van der Waals surface area contributed by atoms with E-state index in [1.54, 1.807) is 0 Å². The van der Waals surface area contributed by atoms with E-state index in [9.17, 15) is 0 Å². The van der Waals surface area contributed by atoms with Crippen LogP contribution in [0.1, 0.15) is 5.69 Å². The molecule has 1 aromatic heterocycles. The molecule has 1 aromatic carbocycles. The summed E-state index contributed by atoms with van der Waals surface area (Å²) in [5, 5.41) is 9.88. The van der Waals surface area contributed by atoms with Gasteiger partial charge in [-0.2, -0.15) is 5.48 Å². The molecule has 0 aliphatic rings. The van der Waals surface area contributed by atoms with E-state index in [1.165, 1.54) is 5.39 Å². The van der Waals surface area contributed by atoms with Crippen LogP contribution in [0.3, 0.4) is 0 Å². The molecule has 0 unspecified atom stereocenters. The highest BCUT2D eigenvalue weighted by Gasteiger charge is 2.11. The van der Waals surface area contributed by atoms with Crippen molar-refractivity contribution < 1.29 is 5.21 Å². The number of halogens is 1. The average Bonchev–Trinajstić information content (AvgIpc) is 2.45. The number of aromatic nitrogens is 1. The third-order valence-corrected chi connectivity index (χ3v) is 3.29. The Bertz CT molecular complexity index is 425. The highest BCUT2D eigenvalue weighted by atomic mass is 79.9. The zero-order chi connectivity index (χ0) is 10.1. The van der Waals surface area contributed by atoms with Gasteiger partial charge in [-0.1, -0.05) is 18.2 Å². The molecule has 74 valence electrons. The van der Waals surface area contributed by atoms with Crippen molar-refractivity contribution in [3.63, 3.8) is 0 Å². The topological polar surface area (TPSA) is 37.2 Å². The number of benzene rings is 1. The van der Waals surface area contributed by atoms with Crippen molar-refractivity contribution >= 4 is 26.8 Å². The Morgan fingerprint density at radius 1 is 1.43 bits per heavy atom. The normalized spacial score (nSPS) is 11.1. The van der Waals surface area contributed by atoms with Crippen LogP contribution in [0.25, 0.3) is 10.9 Å². The molecule has 0 aliphatic carbocycles. The van der Waals surface area contributed by atoms with Crippen molar-refractivity contribution in [1.29, 1.82) is 0 Å². The largest absolute Gasteiger partial charge is 0.345 e. The molecule has 1 heterocycles. The number of nitrogens with zero attached hydrogens (tertiary/aromatic N) is 1. The lowest BCUT2D eigenvalue weighted by atomic mass is 10.2. The molecular weight excluding hydrogens is 244 g/mol. The molecule has 2 rings (SSSR count). The van der Waals surface area contributed by atoms with Crippen LogP contribution in [0.2, 0.25) is 0 Å². The summed E-state index contributed by atoms with van der Waals surface area (Å²) in [5.74, 6) is 0. The molecule has 0 radical (unpaired) electrons. The van der Waals surface area contributed by atoms with Gasteiger partial charge in [0.05, 0.1) is 6.54 Å². The standard InChI is InChI=1S/C10H11BrN2O/c1-13-8-5-3-2-4-7(8)10(11)9(13)6-12-14/h2-5,12,14H,6H2,1H3. The number of nitrogens with one attached hydrogen (secondary N) is 1. The van der Waals surface area contributed by atoms with Gasteiger partial charge >= 0.3 is 0 Å². The van der Waals surface area contributed by atoms with E-state index in [1.807, 2.05) is 19.2 Å². The number of rotatable bonds is 2. The summed E-state index contributed by atoms with van der Waals surface area (Å²) >= 11 is 3.53. The van der Waals surface area contributed by atoms with Gasteiger partial charge in [-0.05, 0) is 22.0 Å². The minimum atomic E-state index is 0.436. The van der Waals surface area contributed by atoms with Crippen LogP contribution < -0.4 is 5.48 Å². The molecule has 3 nitrogen and oxygen atoms in total. The molecule has 0 saturated carbocycles. The summed E-state index contributed by atoms with van der Waals surface area (Å²) in [4.78, 5) is 0. The first-order valence-electron chi connectivity index (χ1n) is 4.34. The van der Waals surface area contributed by atoms with Gasteiger partial charge in [0.2, 0.25) is 0 Å². The van der Waals surface area contributed by atoms with Gasteiger partial charge in [-0.25, -0.2) is 0 Å². The first-order valence-corrected chi connectivity index (χ1v) is 5.13. The number of aryl methyl sites for hydroxylation is 1. The second kappa shape index (κ2) is 3.73. The van der Waals surface area contributed by atoms with Crippen molar-refractivity contribution in [2.45, 2.75) is 6.54 Å². The van der Waals surface area contributed by atoms with Crippen LogP contribution in [0.15, 0.2) is 28.7 Å². The summed E-state index contributed by atoms with van der Waals surface area (Å²) < 4.78 is 3.10. The minimum absolute atomic E-state index is 0.436. The molecule has 0 saturated heterocycles. The summed E-state index contributed by atoms with van der Waals surface area (Å²) in [6.07, 6.45) is 0. The Balaban J connectivity index is 2.72. The van der Waals surface area contributed by atoms with Crippen LogP contribution in [0, 0.1) is 0 Å². The Morgan fingerprint density at radius 2 is 2.14 bits per heavy atom. The number of para-hydroxylation sites is 1. The highest BCUT2D eigenvalue weighted by Crippen LogP contribution is 2.29. The van der Waals surface area contributed by atoms with E-state index in [-0.39, 0.29) is 0 Å². The molecule has 0 atom stereocenters. The van der Waals surface area contributed by atoms with Gasteiger partial charge in [0, 0.05) is 28.1 Å². The SMILES string of the molecule is Cn1c(CNO)c(Br)c2ccccc21. The Kier molecular flexibility index (Phi) is 2.58. The van der Waals surface area contributed by atoms with Crippen LogP contribution in [0.4, 0.5) is 0 Å². The van der Waals surface area contributed by atoms with Gasteiger partial charge in [0.15, 0.2) is 0 Å². The minimum Gasteiger partial charge on any atom is -0.345 e. The molecule has 0 amide bonds. The lowest BCUT2D eigenvalue weighted by Crippen LogP contribution is -2.10. The molecule has 2 aromatic rings.